The standard InChI is InChI=1S/C15H20ClFO/c1-15(2)7-3-4-11(15)14(18)9-10-5-6-12(16)13(17)8-10/h5-6,8,11,14,18H,3-4,7,9H2,1-2H3. The summed E-state index contributed by atoms with van der Waals surface area (Å²) in [6, 6.07) is 4.77. The molecule has 0 heterocycles. The predicted molar refractivity (Wildman–Crippen MR) is 72.2 cm³/mol. The maximum absolute atomic E-state index is 13.3. The molecular formula is C15H20ClFO. The van der Waals surface area contributed by atoms with Crippen LogP contribution >= 0.6 is 11.6 Å². The molecule has 3 heteroatoms. The number of aliphatic hydroxyl groups excluding tert-OH is 1. The molecule has 1 aliphatic carbocycles. The Hall–Kier alpha value is -0.600. The van der Waals surface area contributed by atoms with Gasteiger partial charge in [-0.15, -0.1) is 0 Å². The van der Waals surface area contributed by atoms with Gasteiger partial charge in [-0.1, -0.05) is 37.9 Å². The lowest BCUT2D eigenvalue weighted by Crippen LogP contribution is -2.31. The van der Waals surface area contributed by atoms with Gasteiger partial charge in [0, 0.05) is 0 Å². The van der Waals surface area contributed by atoms with E-state index in [1.54, 1.807) is 12.1 Å². The third-order valence-corrected chi connectivity index (χ3v) is 4.54. The normalized spacial score (nSPS) is 24.2. The van der Waals surface area contributed by atoms with E-state index in [-0.39, 0.29) is 10.4 Å². The number of rotatable bonds is 3. The van der Waals surface area contributed by atoms with Crippen molar-refractivity contribution in [2.45, 2.75) is 45.6 Å². The van der Waals surface area contributed by atoms with Crippen LogP contribution in [0.4, 0.5) is 4.39 Å². The Bertz CT molecular complexity index is 431. The first-order valence-electron chi connectivity index (χ1n) is 6.52. The third kappa shape index (κ3) is 2.86. The molecule has 0 bridgehead atoms. The van der Waals surface area contributed by atoms with E-state index in [9.17, 15) is 9.50 Å². The zero-order valence-corrected chi connectivity index (χ0v) is 11.7. The minimum absolute atomic E-state index is 0.134. The Balaban J connectivity index is 2.07. The van der Waals surface area contributed by atoms with E-state index in [1.165, 1.54) is 12.5 Å². The molecule has 2 atom stereocenters. The summed E-state index contributed by atoms with van der Waals surface area (Å²) in [5.41, 5.74) is 0.997. The summed E-state index contributed by atoms with van der Waals surface area (Å²) in [7, 11) is 0. The van der Waals surface area contributed by atoms with Crippen molar-refractivity contribution in [1.82, 2.24) is 0 Å². The second kappa shape index (κ2) is 5.18. The van der Waals surface area contributed by atoms with Crippen molar-refractivity contribution in [1.29, 1.82) is 0 Å². The van der Waals surface area contributed by atoms with Gasteiger partial charge in [0.25, 0.3) is 0 Å². The molecular weight excluding hydrogens is 251 g/mol. The summed E-state index contributed by atoms with van der Waals surface area (Å²) in [6.07, 6.45) is 3.49. The van der Waals surface area contributed by atoms with Gasteiger partial charge in [0.15, 0.2) is 0 Å². The highest BCUT2D eigenvalue weighted by Gasteiger charge is 2.38. The quantitative estimate of drug-likeness (QED) is 0.872. The third-order valence-electron chi connectivity index (χ3n) is 4.23. The Morgan fingerprint density at radius 1 is 1.50 bits per heavy atom. The first-order valence-corrected chi connectivity index (χ1v) is 6.90. The molecule has 1 fully saturated rings. The molecule has 1 aromatic rings. The SMILES string of the molecule is CC1(C)CCCC1C(O)Cc1ccc(Cl)c(F)c1. The summed E-state index contributed by atoms with van der Waals surface area (Å²) in [6.45, 7) is 4.41. The Morgan fingerprint density at radius 3 is 2.78 bits per heavy atom. The molecule has 0 aromatic heterocycles. The maximum Gasteiger partial charge on any atom is 0.142 e. The molecule has 1 aromatic carbocycles. The Kier molecular flexibility index (Phi) is 3.98. The van der Waals surface area contributed by atoms with Crippen LogP contribution in [-0.2, 0) is 6.42 Å². The van der Waals surface area contributed by atoms with Gasteiger partial charge in [0.05, 0.1) is 11.1 Å². The van der Waals surface area contributed by atoms with E-state index in [2.05, 4.69) is 13.8 Å². The van der Waals surface area contributed by atoms with E-state index in [0.29, 0.717) is 12.3 Å². The van der Waals surface area contributed by atoms with Crippen LogP contribution in [0, 0.1) is 17.2 Å². The Morgan fingerprint density at radius 2 is 2.22 bits per heavy atom. The molecule has 0 aliphatic heterocycles. The number of hydrogen-bond acceptors (Lipinski definition) is 1. The maximum atomic E-state index is 13.3. The van der Waals surface area contributed by atoms with E-state index in [0.717, 1.165) is 18.4 Å². The molecule has 1 saturated carbocycles. The van der Waals surface area contributed by atoms with E-state index in [1.807, 2.05) is 0 Å². The molecule has 0 saturated heterocycles. The largest absolute Gasteiger partial charge is 0.392 e. The molecule has 1 aliphatic rings. The second-order valence-electron chi connectivity index (χ2n) is 6.01. The van der Waals surface area contributed by atoms with Crippen LogP contribution in [0.1, 0.15) is 38.7 Å². The number of hydrogen-bond donors (Lipinski definition) is 1. The van der Waals surface area contributed by atoms with Gasteiger partial charge < -0.3 is 5.11 Å². The zero-order valence-electron chi connectivity index (χ0n) is 10.9. The van der Waals surface area contributed by atoms with E-state index < -0.39 is 11.9 Å². The average molecular weight is 271 g/mol. The monoisotopic (exact) mass is 270 g/mol. The molecule has 2 unspecified atom stereocenters. The lowest BCUT2D eigenvalue weighted by atomic mass is 9.77. The van der Waals surface area contributed by atoms with Crippen molar-refractivity contribution in [2.75, 3.05) is 0 Å². The number of halogens is 2. The van der Waals surface area contributed by atoms with E-state index >= 15 is 0 Å². The van der Waals surface area contributed by atoms with Crippen molar-refractivity contribution >= 4 is 11.6 Å². The zero-order chi connectivity index (χ0) is 13.3. The van der Waals surface area contributed by atoms with Gasteiger partial charge in [-0.3, -0.25) is 0 Å². The van der Waals surface area contributed by atoms with Crippen LogP contribution in [0.15, 0.2) is 18.2 Å². The fraction of sp³-hybridized carbons (Fsp3) is 0.600. The van der Waals surface area contributed by atoms with Crippen molar-refractivity contribution in [3.05, 3.63) is 34.6 Å². The molecule has 2 rings (SSSR count). The molecule has 1 N–H and O–H groups in total. The van der Waals surface area contributed by atoms with Crippen molar-refractivity contribution in [2.24, 2.45) is 11.3 Å². The number of benzene rings is 1. The summed E-state index contributed by atoms with van der Waals surface area (Å²) >= 11 is 5.65. The Labute approximate surface area is 113 Å². The van der Waals surface area contributed by atoms with Crippen LogP contribution in [0.2, 0.25) is 5.02 Å². The molecule has 100 valence electrons. The highest BCUT2D eigenvalue weighted by molar-refractivity contribution is 6.30. The summed E-state index contributed by atoms with van der Waals surface area (Å²) in [5, 5.41) is 10.5. The molecule has 1 nitrogen and oxygen atoms in total. The lowest BCUT2D eigenvalue weighted by molar-refractivity contribution is 0.0542. The minimum atomic E-state index is -0.410. The minimum Gasteiger partial charge on any atom is -0.392 e. The highest BCUT2D eigenvalue weighted by Crippen LogP contribution is 2.44. The first kappa shape index (κ1) is 13.8. The molecule has 0 spiro atoms. The topological polar surface area (TPSA) is 20.2 Å². The second-order valence-corrected chi connectivity index (χ2v) is 6.41. The summed E-state index contributed by atoms with van der Waals surface area (Å²) in [5.74, 6) is -0.108. The molecule has 0 amide bonds. The van der Waals surface area contributed by atoms with Gasteiger partial charge in [-0.2, -0.15) is 0 Å². The fourth-order valence-corrected chi connectivity index (χ4v) is 3.23. The van der Waals surface area contributed by atoms with Crippen LogP contribution < -0.4 is 0 Å². The molecule has 18 heavy (non-hydrogen) atoms. The van der Waals surface area contributed by atoms with Crippen molar-refractivity contribution in [3.63, 3.8) is 0 Å². The van der Waals surface area contributed by atoms with Crippen molar-refractivity contribution < 1.29 is 9.50 Å². The van der Waals surface area contributed by atoms with Gasteiger partial charge in [0.2, 0.25) is 0 Å². The fourth-order valence-electron chi connectivity index (χ4n) is 3.12. The van der Waals surface area contributed by atoms with Crippen LogP contribution in [0.3, 0.4) is 0 Å². The van der Waals surface area contributed by atoms with Crippen LogP contribution in [0.5, 0.6) is 0 Å². The highest BCUT2D eigenvalue weighted by atomic mass is 35.5. The number of aliphatic hydroxyl groups is 1. The van der Waals surface area contributed by atoms with Gasteiger partial charge in [-0.05, 0) is 48.3 Å². The van der Waals surface area contributed by atoms with Gasteiger partial charge in [0.1, 0.15) is 5.82 Å². The first-order chi connectivity index (χ1) is 8.40. The predicted octanol–water partition coefficient (Wildman–Crippen LogP) is 4.21. The summed E-state index contributed by atoms with van der Waals surface area (Å²) < 4.78 is 13.3. The van der Waals surface area contributed by atoms with Gasteiger partial charge in [-0.25, -0.2) is 4.39 Å². The molecule has 0 radical (unpaired) electrons. The lowest BCUT2D eigenvalue weighted by Gasteiger charge is -2.31. The van der Waals surface area contributed by atoms with E-state index in [4.69, 9.17) is 11.6 Å². The smallest absolute Gasteiger partial charge is 0.142 e. The summed E-state index contributed by atoms with van der Waals surface area (Å²) in [4.78, 5) is 0. The van der Waals surface area contributed by atoms with Crippen LogP contribution in [0.25, 0.3) is 0 Å². The average Bonchev–Trinajstić information content (AvgIpc) is 2.63. The van der Waals surface area contributed by atoms with Crippen molar-refractivity contribution in [3.8, 4) is 0 Å². The van der Waals surface area contributed by atoms with Crippen LogP contribution in [-0.4, -0.2) is 11.2 Å². The van der Waals surface area contributed by atoms with Gasteiger partial charge >= 0.3 is 0 Å².